The Bertz CT molecular complexity index is 1220. The van der Waals surface area contributed by atoms with Crippen LogP contribution in [-0.4, -0.2) is 19.6 Å². The lowest BCUT2D eigenvalue weighted by Crippen LogP contribution is -2.13. The van der Waals surface area contributed by atoms with Gasteiger partial charge in [-0.05, 0) is 95.2 Å². The van der Waals surface area contributed by atoms with E-state index < -0.39 is 5.91 Å². The number of carbonyl (C=O) groups excluding carboxylic acids is 1. The number of methoxy groups -OCH3 is 1. The molecular formula is C26H22ClIN2O4. The van der Waals surface area contributed by atoms with E-state index in [-0.39, 0.29) is 5.57 Å². The molecule has 1 N–H and O–H groups in total. The van der Waals surface area contributed by atoms with Crippen LogP contribution in [0.15, 0.2) is 66.2 Å². The van der Waals surface area contributed by atoms with Gasteiger partial charge < -0.3 is 19.5 Å². The standard InChI is InChI=1S/C26H22ClIN2O4/c1-3-33-24-14-18(13-23(28)25(24)34-16-17-4-6-20(27)7-5-17)12-19(15-29)26(31)30-21-8-10-22(32-2)11-9-21/h4-14H,3,16H2,1-2H3,(H,30,31)/b19-12-. The average Bonchev–Trinajstić information content (AvgIpc) is 2.83. The molecular weight excluding hydrogens is 567 g/mol. The summed E-state index contributed by atoms with van der Waals surface area (Å²) in [7, 11) is 1.57. The van der Waals surface area contributed by atoms with Crippen molar-refractivity contribution in [2.24, 2.45) is 0 Å². The van der Waals surface area contributed by atoms with Gasteiger partial charge >= 0.3 is 0 Å². The van der Waals surface area contributed by atoms with Gasteiger partial charge in [0.05, 0.1) is 17.3 Å². The van der Waals surface area contributed by atoms with Gasteiger partial charge in [0.25, 0.3) is 5.91 Å². The molecule has 0 atom stereocenters. The summed E-state index contributed by atoms with van der Waals surface area (Å²) in [5.41, 5.74) is 2.13. The maximum atomic E-state index is 12.6. The number of halogens is 2. The highest BCUT2D eigenvalue weighted by molar-refractivity contribution is 14.1. The van der Waals surface area contributed by atoms with E-state index in [1.165, 1.54) is 6.08 Å². The first-order valence-corrected chi connectivity index (χ1v) is 11.8. The number of nitrogens with one attached hydrogen (secondary N) is 1. The fraction of sp³-hybridized carbons (Fsp3) is 0.154. The molecule has 1 amide bonds. The van der Waals surface area contributed by atoms with E-state index >= 15 is 0 Å². The number of carbonyl (C=O) groups is 1. The number of rotatable bonds is 9. The predicted molar refractivity (Wildman–Crippen MR) is 141 cm³/mol. The van der Waals surface area contributed by atoms with E-state index in [9.17, 15) is 10.1 Å². The molecule has 6 nitrogen and oxygen atoms in total. The molecule has 174 valence electrons. The van der Waals surface area contributed by atoms with Crippen LogP contribution >= 0.6 is 34.2 Å². The summed E-state index contributed by atoms with van der Waals surface area (Å²) >= 11 is 8.10. The van der Waals surface area contributed by atoms with Gasteiger partial charge in [0.1, 0.15) is 24.0 Å². The van der Waals surface area contributed by atoms with Crippen molar-refractivity contribution in [1.82, 2.24) is 0 Å². The van der Waals surface area contributed by atoms with Crippen LogP contribution in [0.4, 0.5) is 5.69 Å². The zero-order chi connectivity index (χ0) is 24.5. The van der Waals surface area contributed by atoms with Gasteiger partial charge in [0.2, 0.25) is 0 Å². The number of amides is 1. The Kier molecular flexibility index (Phi) is 9.19. The first-order chi connectivity index (χ1) is 16.4. The normalized spacial score (nSPS) is 10.9. The molecule has 0 aliphatic carbocycles. The van der Waals surface area contributed by atoms with Crippen molar-refractivity contribution in [3.8, 4) is 23.3 Å². The Balaban J connectivity index is 1.81. The average molecular weight is 589 g/mol. The molecule has 0 spiro atoms. The number of benzene rings is 3. The fourth-order valence-corrected chi connectivity index (χ4v) is 3.91. The molecule has 0 heterocycles. The van der Waals surface area contributed by atoms with Crippen molar-refractivity contribution in [3.63, 3.8) is 0 Å². The van der Waals surface area contributed by atoms with Crippen LogP contribution in [0.25, 0.3) is 6.08 Å². The van der Waals surface area contributed by atoms with Crippen molar-refractivity contribution >= 4 is 51.9 Å². The molecule has 0 aliphatic heterocycles. The van der Waals surface area contributed by atoms with E-state index in [2.05, 4.69) is 27.9 Å². The van der Waals surface area contributed by atoms with Crippen molar-refractivity contribution in [3.05, 3.63) is 86.0 Å². The molecule has 3 aromatic carbocycles. The van der Waals surface area contributed by atoms with Crippen LogP contribution in [0.5, 0.6) is 17.2 Å². The maximum Gasteiger partial charge on any atom is 0.266 e. The summed E-state index contributed by atoms with van der Waals surface area (Å²) in [5, 5.41) is 13.0. The summed E-state index contributed by atoms with van der Waals surface area (Å²) in [4.78, 5) is 12.6. The number of ether oxygens (including phenoxy) is 3. The largest absolute Gasteiger partial charge is 0.497 e. The molecule has 0 radical (unpaired) electrons. The summed E-state index contributed by atoms with van der Waals surface area (Å²) in [6.07, 6.45) is 1.52. The fourth-order valence-electron chi connectivity index (χ4n) is 3.00. The minimum absolute atomic E-state index is 0.0381. The third kappa shape index (κ3) is 6.89. The van der Waals surface area contributed by atoms with Crippen molar-refractivity contribution in [1.29, 1.82) is 5.26 Å². The number of nitrogens with zero attached hydrogens (tertiary/aromatic N) is 1. The van der Waals surface area contributed by atoms with E-state index in [1.807, 2.05) is 43.3 Å². The minimum Gasteiger partial charge on any atom is -0.497 e. The SMILES string of the molecule is CCOc1cc(/C=C(/C#N)C(=O)Nc2ccc(OC)cc2)cc(I)c1OCc1ccc(Cl)cc1. The number of anilines is 1. The molecule has 0 aliphatic rings. The molecule has 0 aromatic heterocycles. The molecule has 3 rings (SSSR count). The third-order valence-electron chi connectivity index (χ3n) is 4.65. The minimum atomic E-state index is -0.510. The Labute approximate surface area is 217 Å². The lowest BCUT2D eigenvalue weighted by molar-refractivity contribution is -0.112. The number of hydrogen-bond acceptors (Lipinski definition) is 5. The summed E-state index contributed by atoms with van der Waals surface area (Å²) in [6, 6.07) is 19.8. The van der Waals surface area contributed by atoms with Crippen LogP contribution in [-0.2, 0) is 11.4 Å². The van der Waals surface area contributed by atoms with Crippen LogP contribution in [0.2, 0.25) is 5.02 Å². The van der Waals surface area contributed by atoms with Gasteiger partial charge in [-0.25, -0.2) is 0 Å². The van der Waals surface area contributed by atoms with Crippen LogP contribution in [0.1, 0.15) is 18.1 Å². The van der Waals surface area contributed by atoms with E-state index in [0.717, 1.165) is 9.13 Å². The second-order valence-electron chi connectivity index (χ2n) is 7.03. The monoisotopic (exact) mass is 588 g/mol. The Hall–Kier alpha value is -3.22. The molecule has 8 heteroatoms. The predicted octanol–water partition coefficient (Wildman–Crippen LogP) is 6.48. The molecule has 0 saturated heterocycles. The topological polar surface area (TPSA) is 80.6 Å². The van der Waals surface area contributed by atoms with Crippen LogP contribution in [0.3, 0.4) is 0 Å². The van der Waals surface area contributed by atoms with Crippen molar-refractivity contribution in [2.75, 3.05) is 19.0 Å². The Morgan fingerprint density at radius 2 is 1.82 bits per heavy atom. The molecule has 0 saturated carbocycles. The summed E-state index contributed by atoms with van der Waals surface area (Å²) in [6.45, 7) is 2.65. The van der Waals surface area contributed by atoms with E-state index in [4.69, 9.17) is 25.8 Å². The zero-order valence-corrected chi connectivity index (χ0v) is 21.5. The first kappa shape index (κ1) is 25.4. The highest BCUT2D eigenvalue weighted by Gasteiger charge is 2.15. The Morgan fingerprint density at radius 1 is 1.12 bits per heavy atom. The second-order valence-corrected chi connectivity index (χ2v) is 8.63. The molecule has 3 aromatic rings. The Morgan fingerprint density at radius 3 is 2.44 bits per heavy atom. The second kappa shape index (κ2) is 12.3. The smallest absolute Gasteiger partial charge is 0.266 e. The van der Waals surface area contributed by atoms with E-state index in [1.54, 1.807) is 37.4 Å². The van der Waals surface area contributed by atoms with Crippen molar-refractivity contribution < 1.29 is 19.0 Å². The van der Waals surface area contributed by atoms with Gasteiger partial charge in [-0.2, -0.15) is 5.26 Å². The first-order valence-electron chi connectivity index (χ1n) is 10.3. The molecule has 0 fully saturated rings. The third-order valence-corrected chi connectivity index (χ3v) is 5.71. The number of hydrogen-bond donors (Lipinski definition) is 1. The van der Waals surface area contributed by atoms with Gasteiger partial charge in [-0.3, -0.25) is 4.79 Å². The van der Waals surface area contributed by atoms with Gasteiger partial charge in [0.15, 0.2) is 11.5 Å². The van der Waals surface area contributed by atoms with Crippen molar-refractivity contribution in [2.45, 2.75) is 13.5 Å². The zero-order valence-electron chi connectivity index (χ0n) is 18.6. The molecule has 0 bridgehead atoms. The van der Waals surface area contributed by atoms with Crippen LogP contribution < -0.4 is 19.5 Å². The molecule has 34 heavy (non-hydrogen) atoms. The summed E-state index contributed by atoms with van der Waals surface area (Å²) in [5.74, 6) is 1.28. The highest BCUT2D eigenvalue weighted by atomic mass is 127. The van der Waals surface area contributed by atoms with Gasteiger partial charge in [0, 0.05) is 10.7 Å². The van der Waals surface area contributed by atoms with E-state index in [0.29, 0.717) is 46.7 Å². The van der Waals surface area contributed by atoms with Crippen LogP contribution in [0, 0.1) is 14.9 Å². The quantitative estimate of drug-likeness (QED) is 0.176. The highest BCUT2D eigenvalue weighted by Crippen LogP contribution is 2.35. The lowest BCUT2D eigenvalue weighted by atomic mass is 10.1. The maximum absolute atomic E-state index is 12.6. The van der Waals surface area contributed by atoms with Gasteiger partial charge in [-0.15, -0.1) is 0 Å². The molecule has 0 unspecified atom stereocenters. The van der Waals surface area contributed by atoms with Gasteiger partial charge in [-0.1, -0.05) is 23.7 Å². The summed E-state index contributed by atoms with van der Waals surface area (Å²) < 4.78 is 17.7. The lowest BCUT2D eigenvalue weighted by Gasteiger charge is -2.15. The number of nitriles is 1.